The smallest absolute Gasteiger partial charge is 0.124 e. The number of ether oxygens (including phenoxy) is 1. The molecule has 0 fully saturated rings. The number of hydrogen-bond donors (Lipinski definition) is 1. The Labute approximate surface area is 117 Å². The van der Waals surface area contributed by atoms with Crippen LogP contribution >= 0.6 is 27.7 Å². The van der Waals surface area contributed by atoms with Gasteiger partial charge >= 0.3 is 0 Å². The third kappa shape index (κ3) is 4.90. The average molecular weight is 318 g/mol. The predicted octanol–water partition coefficient (Wildman–Crippen LogP) is 3.86. The summed E-state index contributed by atoms with van der Waals surface area (Å²) in [4.78, 5) is 0. The van der Waals surface area contributed by atoms with E-state index in [1.54, 1.807) is 11.8 Å². The molecule has 1 unspecified atom stereocenters. The third-order valence-electron chi connectivity index (χ3n) is 2.49. The first kappa shape index (κ1) is 14.9. The first-order valence-electron chi connectivity index (χ1n) is 5.83. The summed E-state index contributed by atoms with van der Waals surface area (Å²) in [6.07, 6.45) is 2.09. The fourth-order valence-electron chi connectivity index (χ4n) is 1.64. The summed E-state index contributed by atoms with van der Waals surface area (Å²) in [6, 6.07) is 6.49. The summed E-state index contributed by atoms with van der Waals surface area (Å²) in [6.45, 7) is 5.99. The van der Waals surface area contributed by atoms with Crippen molar-refractivity contribution >= 4 is 27.7 Å². The van der Waals surface area contributed by atoms with E-state index in [2.05, 4.69) is 47.4 Å². The van der Waals surface area contributed by atoms with Gasteiger partial charge in [0.2, 0.25) is 0 Å². The van der Waals surface area contributed by atoms with Gasteiger partial charge in [0.15, 0.2) is 0 Å². The standard InChI is InChI=1S/C13H20BrNOS/c1-4-15-10(2)12-9-11(14)5-6-13(12)16-7-8-17-3/h5-6,9-10,15H,4,7-8H2,1-3H3. The molecule has 1 atom stereocenters. The van der Waals surface area contributed by atoms with Gasteiger partial charge in [-0.3, -0.25) is 0 Å². The highest BCUT2D eigenvalue weighted by molar-refractivity contribution is 9.10. The minimum Gasteiger partial charge on any atom is -0.492 e. The molecule has 1 N–H and O–H groups in total. The van der Waals surface area contributed by atoms with Gasteiger partial charge < -0.3 is 10.1 Å². The lowest BCUT2D eigenvalue weighted by Gasteiger charge is -2.18. The van der Waals surface area contributed by atoms with Gasteiger partial charge in [-0.15, -0.1) is 0 Å². The SMILES string of the molecule is CCNC(C)c1cc(Br)ccc1OCCSC. The molecule has 1 rings (SSSR count). The van der Waals surface area contributed by atoms with Crippen LogP contribution in [-0.4, -0.2) is 25.2 Å². The fraction of sp³-hybridized carbons (Fsp3) is 0.538. The van der Waals surface area contributed by atoms with Crippen LogP contribution in [-0.2, 0) is 0 Å². The van der Waals surface area contributed by atoms with Crippen molar-refractivity contribution in [2.45, 2.75) is 19.9 Å². The minimum atomic E-state index is 0.307. The average Bonchev–Trinajstić information content (AvgIpc) is 2.31. The van der Waals surface area contributed by atoms with Crippen molar-refractivity contribution in [1.29, 1.82) is 0 Å². The Morgan fingerprint density at radius 2 is 2.24 bits per heavy atom. The molecule has 0 amide bonds. The van der Waals surface area contributed by atoms with Crippen molar-refractivity contribution in [1.82, 2.24) is 5.32 Å². The lowest BCUT2D eigenvalue weighted by Crippen LogP contribution is -2.18. The maximum absolute atomic E-state index is 5.82. The highest BCUT2D eigenvalue weighted by Gasteiger charge is 2.11. The van der Waals surface area contributed by atoms with Gasteiger partial charge in [-0.1, -0.05) is 22.9 Å². The molecule has 4 heteroatoms. The zero-order chi connectivity index (χ0) is 12.7. The van der Waals surface area contributed by atoms with Gasteiger partial charge in [0.05, 0.1) is 6.61 Å². The van der Waals surface area contributed by atoms with Crippen molar-refractivity contribution < 1.29 is 4.74 Å². The topological polar surface area (TPSA) is 21.3 Å². The van der Waals surface area contributed by atoms with E-state index in [4.69, 9.17) is 4.74 Å². The van der Waals surface area contributed by atoms with Crippen molar-refractivity contribution in [3.63, 3.8) is 0 Å². The van der Waals surface area contributed by atoms with E-state index in [-0.39, 0.29) is 0 Å². The Morgan fingerprint density at radius 1 is 1.47 bits per heavy atom. The molecule has 0 bridgehead atoms. The van der Waals surface area contributed by atoms with Crippen molar-refractivity contribution in [2.24, 2.45) is 0 Å². The van der Waals surface area contributed by atoms with Crippen molar-refractivity contribution in [3.8, 4) is 5.75 Å². The molecule has 0 spiro atoms. The number of thioether (sulfide) groups is 1. The van der Waals surface area contributed by atoms with Crippen LogP contribution in [0.4, 0.5) is 0 Å². The third-order valence-corrected chi connectivity index (χ3v) is 3.56. The predicted molar refractivity (Wildman–Crippen MR) is 80.1 cm³/mol. The summed E-state index contributed by atoms with van der Waals surface area (Å²) < 4.78 is 6.91. The highest BCUT2D eigenvalue weighted by Crippen LogP contribution is 2.28. The molecule has 2 nitrogen and oxygen atoms in total. The Morgan fingerprint density at radius 3 is 2.88 bits per heavy atom. The van der Waals surface area contributed by atoms with Crippen LogP contribution in [0.2, 0.25) is 0 Å². The second kappa shape index (κ2) is 8.01. The monoisotopic (exact) mass is 317 g/mol. The number of hydrogen-bond acceptors (Lipinski definition) is 3. The van der Waals surface area contributed by atoms with Crippen molar-refractivity contribution in [2.75, 3.05) is 25.2 Å². The maximum atomic E-state index is 5.82. The summed E-state index contributed by atoms with van der Waals surface area (Å²) in [5, 5.41) is 3.41. The Kier molecular flexibility index (Phi) is 7.00. The number of halogens is 1. The van der Waals surface area contributed by atoms with Gasteiger partial charge in [0.25, 0.3) is 0 Å². The van der Waals surface area contributed by atoms with Crippen LogP contribution in [0.3, 0.4) is 0 Å². The Balaban J connectivity index is 2.79. The van der Waals surface area contributed by atoms with E-state index in [0.29, 0.717) is 6.04 Å². The van der Waals surface area contributed by atoms with E-state index >= 15 is 0 Å². The molecule has 0 heterocycles. The zero-order valence-corrected chi connectivity index (χ0v) is 13.0. The largest absolute Gasteiger partial charge is 0.492 e. The molecule has 0 aliphatic rings. The van der Waals surface area contributed by atoms with E-state index in [1.165, 1.54) is 5.56 Å². The van der Waals surface area contributed by atoms with Crippen molar-refractivity contribution in [3.05, 3.63) is 28.2 Å². The first-order chi connectivity index (χ1) is 8.19. The van der Waals surface area contributed by atoms with E-state index in [0.717, 1.165) is 29.1 Å². The summed E-state index contributed by atoms with van der Waals surface area (Å²) in [5.41, 5.74) is 1.21. The normalized spacial score (nSPS) is 12.5. The molecule has 1 aromatic rings. The number of benzene rings is 1. The number of nitrogens with one attached hydrogen (secondary N) is 1. The van der Waals surface area contributed by atoms with Crippen LogP contribution in [0.15, 0.2) is 22.7 Å². The molecule has 0 radical (unpaired) electrons. The Bertz CT molecular complexity index is 346. The van der Waals surface area contributed by atoms with Crippen LogP contribution in [0.5, 0.6) is 5.75 Å². The fourth-order valence-corrected chi connectivity index (χ4v) is 2.27. The van der Waals surface area contributed by atoms with Gasteiger partial charge in [0, 0.05) is 21.8 Å². The molecule has 0 aliphatic carbocycles. The van der Waals surface area contributed by atoms with Gasteiger partial charge in [-0.05, 0) is 37.9 Å². The van der Waals surface area contributed by atoms with Crippen LogP contribution in [0.25, 0.3) is 0 Å². The molecule has 17 heavy (non-hydrogen) atoms. The summed E-state index contributed by atoms with van der Waals surface area (Å²) >= 11 is 5.31. The maximum Gasteiger partial charge on any atom is 0.124 e. The van der Waals surface area contributed by atoms with E-state index in [9.17, 15) is 0 Å². The quantitative estimate of drug-likeness (QED) is 0.771. The van der Waals surface area contributed by atoms with Gasteiger partial charge in [0.1, 0.15) is 5.75 Å². The minimum absolute atomic E-state index is 0.307. The second-order valence-electron chi connectivity index (χ2n) is 3.80. The Hall–Kier alpha value is -0.190. The zero-order valence-electron chi connectivity index (χ0n) is 10.6. The molecule has 0 saturated carbocycles. The van der Waals surface area contributed by atoms with Crippen LogP contribution < -0.4 is 10.1 Å². The van der Waals surface area contributed by atoms with Gasteiger partial charge in [-0.25, -0.2) is 0 Å². The second-order valence-corrected chi connectivity index (χ2v) is 5.70. The van der Waals surface area contributed by atoms with E-state index in [1.807, 2.05) is 12.1 Å². The van der Waals surface area contributed by atoms with E-state index < -0.39 is 0 Å². The first-order valence-corrected chi connectivity index (χ1v) is 8.02. The molecule has 0 aromatic heterocycles. The lowest BCUT2D eigenvalue weighted by atomic mass is 10.1. The highest BCUT2D eigenvalue weighted by atomic mass is 79.9. The van der Waals surface area contributed by atoms with Crippen LogP contribution in [0, 0.1) is 0 Å². The van der Waals surface area contributed by atoms with Gasteiger partial charge in [-0.2, -0.15) is 11.8 Å². The molecular formula is C13H20BrNOS. The lowest BCUT2D eigenvalue weighted by molar-refractivity contribution is 0.336. The molecule has 0 aliphatic heterocycles. The van der Waals surface area contributed by atoms with Crippen LogP contribution in [0.1, 0.15) is 25.5 Å². The molecule has 0 saturated heterocycles. The summed E-state index contributed by atoms with van der Waals surface area (Å²) in [7, 11) is 0. The molecule has 96 valence electrons. The number of rotatable bonds is 7. The molecular weight excluding hydrogens is 298 g/mol. The summed E-state index contributed by atoms with van der Waals surface area (Å²) in [5.74, 6) is 2.00. The molecule has 1 aromatic carbocycles.